The topological polar surface area (TPSA) is 64.1 Å². The molecular weight excluding hydrogens is 126 g/mol. The van der Waals surface area contributed by atoms with Gasteiger partial charge in [-0.2, -0.15) is 0 Å². The molecule has 2 atom stereocenters. The van der Waals surface area contributed by atoms with Crippen LogP contribution in [0.15, 0.2) is 0 Å². The van der Waals surface area contributed by atoms with Gasteiger partial charge in [0.15, 0.2) is 0 Å². The van der Waals surface area contributed by atoms with Crippen molar-refractivity contribution in [1.29, 1.82) is 0 Å². The summed E-state index contributed by atoms with van der Waals surface area (Å²) in [6.07, 6.45) is 2.43. The van der Waals surface area contributed by atoms with Gasteiger partial charge >= 0.3 is 0 Å². The summed E-state index contributed by atoms with van der Waals surface area (Å²) in [5.41, 5.74) is 11.0. The summed E-state index contributed by atoms with van der Waals surface area (Å²) in [7, 11) is 0. The molecule has 1 aliphatic heterocycles. The van der Waals surface area contributed by atoms with Gasteiger partial charge in [-0.25, -0.2) is 0 Å². The predicted molar refractivity (Wildman–Crippen MR) is 42.6 cm³/mol. The zero-order valence-corrected chi connectivity index (χ0v) is 6.34. The fourth-order valence-electron chi connectivity index (χ4n) is 1.38. The Morgan fingerprint density at radius 3 is 2.40 bits per heavy atom. The van der Waals surface area contributed by atoms with Gasteiger partial charge in [0, 0.05) is 12.6 Å². The van der Waals surface area contributed by atoms with E-state index in [2.05, 4.69) is 5.32 Å². The lowest BCUT2D eigenvalue weighted by molar-refractivity contribution is 0.320. The van der Waals surface area contributed by atoms with E-state index in [9.17, 15) is 0 Å². The summed E-state index contributed by atoms with van der Waals surface area (Å²) in [5, 5.41) is 3.36. The molecule has 0 amide bonds. The zero-order chi connectivity index (χ0) is 7.40. The van der Waals surface area contributed by atoms with Crippen molar-refractivity contribution in [2.75, 3.05) is 19.6 Å². The largest absolute Gasteiger partial charge is 0.330 e. The van der Waals surface area contributed by atoms with Gasteiger partial charge in [-0.1, -0.05) is 0 Å². The quantitative estimate of drug-likeness (QED) is 0.477. The number of piperidine rings is 1. The molecule has 0 saturated carbocycles. The van der Waals surface area contributed by atoms with Crippen molar-refractivity contribution in [3.8, 4) is 0 Å². The average Bonchev–Trinajstić information content (AvgIpc) is 2.05. The average molecular weight is 143 g/mol. The van der Waals surface area contributed by atoms with E-state index in [1.807, 2.05) is 0 Å². The second kappa shape index (κ2) is 3.91. The smallest absolute Gasteiger partial charge is 0.0190 e. The first kappa shape index (κ1) is 7.98. The zero-order valence-electron chi connectivity index (χ0n) is 6.34. The highest BCUT2D eigenvalue weighted by molar-refractivity contribution is 4.78. The number of rotatable bonds is 2. The van der Waals surface area contributed by atoms with Gasteiger partial charge in [-0.15, -0.1) is 0 Å². The maximum absolute atomic E-state index is 5.52. The molecule has 1 fully saturated rings. The van der Waals surface area contributed by atoms with E-state index in [4.69, 9.17) is 11.5 Å². The third-order valence-corrected chi connectivity index (χ3v) is 2.24. The third-order valence-electron chi connectivity index (χ3n) is 2.24. The Morgan fingerprint density at radius 2 is 2.00 bits per heavy atom. The molecule has 0 aromatic carbocycles. The molecule has 1 rings (SSSR count). The predicted octanol–water partition coefficient (Wildman–Crippen LogP) is -0.728. The summed E-state index contributed by atoms with van der Waals surface area (Å²) < 4.78 is 0. The van der Waals surface area contributed by atoms with Crippen LogP contribution in [-0.2, 0) is 0 Å². The minimum atomic E-state index is 0.544. The summed E-state index contributed by atoms with van der Waals surface area (Å²) >= 11 is 0. The van der Waals surface area contributed by atoms with Crippen LogP contribution in [0.25, 0.3) is 0 Å². The Hall–Kier alpha value is -0.120. The maximum Gasteiger partial charge on any atom is 0.0190 e. The summed E-state index contributed by atoms with van der Waals surface area (Å²) in [6, 6.07) is 0.544. The highest BCUT2D eigenvalue weighted by Crippen LogP contribution is 2.11. The molecular formula is C7H17N3. The van der Waals surface area contributed by atoms with Crippen molar-refractivity contribution < 1.29 is 0 Å². The van der Waals surface area contributed by atoms with Crippen molar-refractivity contribution in [2.24, 2.45) is 17.4 Å². The van der Waals surface area contributed by atoms with Crippen LogP contribution in [0, 0.1) is 5.92 Å². The van der Waals surface area contributed by atoms with Gasteiger partial charge in [-0.05, 0) is 31.8 Å². The monoisotopic (exact) mass is 143 g/mol. The minimum absolute atomic E-state index is 0.544. The summed E-state index contributed by atoms with van der Waals surface area (Å²) in [5.74, 6) is 0.683. The lowest BCUT2D eigenvalue weighted by Crippen LogP contribution is -2.45. The van der Waals surface area contributed by atoms with E-state index in [-0.39, 0.29) is 0 Å². The lowest BCUT2D eigenvalue weighted by atomic mass is 9.95. The van der Waals surface area contributed by atoms with Gasteiger partial charge in [0.25, 0.3) is 0 Å². The lowest BCUT2D eigenvalue weighted by Gasteiger charge is -2.27. The molecule has 5 N–H and O–H groups in total. The van der Waals surface area contributed by atoms with Crippen LogP contribution in [0.4, 0.5) is 0 Å². The summed E-state index contributed by atoms with van der Waals surface area (Å²) in [4.78, 5) is 0. The molecule has 10 heavy (non-hydrogen) atoms. The van der Waals surface area contributed by atoms with Crippen LogP contribution in [-0.4, -0.2) is 25.7 Å². The van der Waals surface area contributed by atoms with Crippen molar-refractivity contribution >= 4 is 0 Å². The Bertz CT molecular complexity index is 74.9. The molecule has 60 valence electrons. The van der Waals surface area contributed by atoms with E-state index in [0.29, 0.717) is 12.0 Å². The van der Waals surface area contributed by atoms with Crippen LogP contribution in [0.2, 0.25) is 0 Å². The Morgan fingerprint density at radius 1 is 1.20 bits per heavy atom. The maximum atomic E-state index is 5.52. The molecule has 0 bridgehead atoms. The van der Waals surface area contributed by atoms with E-state index < -0.39 is 0 Å². The number of nitrogens with one attached hydrogen (secondary N) is 1. The van der Waals surface area contributed by atoms with E-state index in [0.717, 1.165) is 19.6 Å². The van der Waals surface area contributed by atoms with Crippen molar-refractivity contribution in [3.05, 3.63) is 0 Å². The van der Waals surface area contributed by atoms with Crippen LogP contribution >= 0.6 is 0 Å². The summed E-state index contributed by atoms with van der Waals surface area (Å²) in [6.45, 7) is 2.62. The molecule has 0 radical (unpaired) electrons. The second-order valence-electron chi connectivity index (χ2n) is 3.02. The highest BCUT2D eigenvalue weighted by Gasteiger charge is 2.17. The molecule has 0 aromatic heterocycles. The normalized spacial score (nSPS) is 34.2. The Balaban J connectivity index is 2.17. The van der Waals surface area contributed by atoms with E-state index in [1.54, 1.807) is 0 Å². The Labute approximate surface area is 62.2 Å². The van der Waals surface area contributed by atoms with Crippen molar-refractivity contribution in [2.45, 2.75) is 18.9 Å². The number of nitrogens with two attached hydrogens (primary N) is 2. The van der Waals surface area contributed by atoms with Crippen LogP contribution < -0.4 is 16.8 Å². The van der Waals surface area contributed by atoms with Gasteiger partial charge in [0.1, 0.15) is 0 Å². The molecule has 0 aliphatic carbocycles. The van der Waals surface area contributed by atoms with E-state index >= 15 is 0 Å². The Kier molecular flexibility index (Phi) is 3.12. The number of hydrogen-bond donors (Lipinski definition) is 3. The molecule has 3 nitrogen and oxygen atoms in total. The minimum Gasteiger partial charge on any atom is -0.330 e. The molecule has 0 aromatic rings. The third kappa shape index (κ3) is 1.94. The molecule has 1 aliphatic rings. The van der Waals surface area contributed by atoms with Gasteiger partial charge in [0.05, 0.1) is 0 Å². The standard InChI is InChI=1S/C7H17N3/c8-3-6-1-2-7(4-9)10-5-6/h6-7,10H,1-5,8-9H2. The van der Waals surface area contributed by atoms with Crippen molar-refractivity contribution in [1.82, 2.24) is 5.32 Å². The van der Waals surface area contributed by atoms with E-state index in [1.165, 1.54) is 12.8 Å². The van der Waals surface area contributed by atoms with Crippen LogP contribution in [0.5, 0.6) is 0 Å². The fraction of sp³-hybridized carbons (Fsp3) is 1.00. The number of hydrogen-bond acceptors (Lipinski definition) is 3. The first-order valence-electron chi connectivity index (χ1n) is 4.00. The van der Waals surface area contributed by atoms with Crippen LogP contribution in [0.3, 0.4) is 0 Å². The first-order valence-corrected chi connectivity index (χ1v) is 4.00. The second-order valence-corrected chi connectivity index (χ2v) is 3.02. The van der Waals surface area contributed by atoms with Crippen LogP contribution in [0.1, 0.15) is 12.8 Å². The molecule has 1 saturated heterocycles. The van der Waals surface area contributed by atoms with Gasteiger partial charge in [-0.3, -0.25) is 0 Å². The molecule has 1 heterocycles. The molecule has 2 unspecified atom stereocenters. The SMILES string of the molecule is NCC1CCC(CN)NC1. The highest BCUT2D eigenvalue weighted by atomic mass is 14.9. The molecule has 0 spiro atoms. The van der Waals surface area contributed by atoms with Crippen molar-refractivity contribution in [3.63, 3.8) is 0 Å². The van der Waals surface area contributed by atoms with Gasteiger partial charge < -0.3 is 16.8 Å². The van der Waals surface area contributed by atoms with Gasteiger partial charge in [0.2, 0.25) is 0 Å². The first-order chi connectivity index (χ1) is 4.86. The molecule has 3 heteroatoms. The fourth-order valence-corrected chi connectivity index (χ4v) is 1.38.